The summed E-state index contributed by atoms with van der Waals surface area (Å²) in [5.74, 6) is -14.5. The summed E-state index contributed by atoms with van der Waals surface area (Å²) in [6, 6.07) is -6.81. The number of carbonyl (C=O) groups is 15. The summed E-state index contributed by atoms with van der Waals surface area (Å²) < 4.78 is 41.3. The number of alkyl carbamates (subject to hydrolysis) is 1. The van der Waals surface area contributed by atoms with Crippen molar-refractivity contribution in [2.45, 2.75) is 330 Å². The number of benzene rings is 1. The first kappa shape index (κ1) is 102. The molecule has 11 amide bonds. The summed E-state index contributed by atoms with van der Waals surface area (Å²) in [5, 5.41) is 46.8. The topological polar surface area (TPSA) is 511 Å². The van der Waals surface area contributed by atoms with Crippen LogP contribution in [-0.2, 0) is 108 Å². The Balaban J connectivity index is 2.73. The fourth-order valence-electron chi connectivity index (χ4n) is 10.6. The maximum atomic E-state index is 15.2. The highest BCUT2D eigenvalue weighted by molar-refractivity contribution is 6.00. The summed E-state index contributed by atoms with van der Waals surface area (Å²) in [5.41, 5.74) is -8.33. The Morgan fingerprint density at radius 2 is 0.905 bits per heavy atom. The molecular formula is C79H129N13O24. The van der Waals surface area contributed by atoms with Crippen LogP contribution in [0.4, 0.5) is 9.59 Å². The maximum Gasteiger partial charge on any atom is 0.419 e. The van der Waals surface area contributed by atoms with E-state index in [9.17, 15) is 67.7 Å². The van der Waals surface area contributed by atoms with Crippen LogP contribution < -0.4 is 58.5 Å². The largest absolute Gasteiger partial charge is 0.480 e. The van der Waals surface area contributed by atoms with Crippen molar-refractivity contribution in [1.82, 2.24) is 68.0 Å². The summed E-state index contributed by atoms with van der Waals surface area (Å²) in [6.07, 6.45) is -4.24. The van der Waals surface area contributed by atoms with Crippen LogP contribution in [0.3, 0.4) is 0 Å². The molecule has 654 valence electrons. The predicted octanol–water partition coefficient (Wildman–Crippen LogP) is 3.04. The molecule has 37 nitrogen and oxygen atoms in total. The summed E-state index contributed by atoms with van der Waals surface area (Å²) in [7, 11) is 0. The van der Waals surface area contributed by atoms with Gasteiger partial charge in [0.05, 0.1) is 60.9 Å². The minimum absolute atomic E-state index is 0.133. The van der Waals surface area contributed by atoms with Gasteiger partial charge in [-0.3, -0.25) is 57.5 Å². The molecule has 13 N–H and O–H groups in total. The third-order valence-corrected chi connectivity index (χ3v) is 15.7. The van der Waals surface area contributed by atoms with Crippen molar-refractivity contribution >= 4 is 89.2 Å². The lowest BCUT2D eigenvalue weighted by molar-refractivity contribution is -0.157. The SMILES string of the molecule is CC(C)[C@H](NC(=O)[C@H](CC(=O)OC(C)(C)C)NC(=O)[C@H](COC(C)(C)C)NC(=O)[C@@H](NC(=O)[C@H](Cc1ccccc1)NC(=O)[C@@H](NC(=O)CNC(=O)[C@H](CCC(=O)OC(C)(C)C)NC(=O)C(C)(C)NC(=O)[C@H](Cc1cn(C(=O)OC(C)(C)C)cn1)NC(=O)OC(C)(C)C)[C@@H](C)OC(C)(C)C)[C@@H](C)OC(C)(C)C)C(=O)N[C@@H](CO)C(=O)O. The number of rotatable bonds is 39. The fourth-order valence-corrected chi connectivity index (χ4v) is 10.6. The molecule has 0 aliphatic carbocycles. The number of amides is 11. The highest BCUT2D eigenvalue weighted by Gasteiger charge is 2.42. The van der Waals surface area contributed by atoms with Crippen molar-refractivity contribution in [2.24, 2.45) is 5.92 Å². The summed E-state index contributed by atoms with van der Waals surface area (Å²) >= 11 is 0. The third-order valence-electron chi connectivity index (χ3n) is 15.7. The van der Waals surface area contributed by atoms with E-state index in [2.05, 4.69) is 63.5 Å². The van der Waals surface area contributed by atoms with Crippen LogP contribution in [0.15, 0.2) is 42.9 Å². The van der Waals surface area contributed by atoms with E-state index in [0.717, 1.165) is 10.9 Å². The van der Waals surface area contributed by atoms with Gasteiger partial charge in [-0.1, -0.05) is 44.2 Å². The van der Waals surface area contributed by atoms with E-state index in [4.69, 9.17) is 33.2 Å². The maximum absolute atomic E-state index is 15.2. The smallest absolute Gasteiger partial charge is 0.419 e. The number of imidazole rings is 1. The number of nitrogens with one attached hydrogen (secondary N) is 11. The van der Waals surface area contributed by atoms with E-state index >= 15 is 14.4 Å². The quantitative estimate of drug-likeness (QED) is 0.0338. The molecule has 116 heavy (non-hydrogen) atoms. The molecule has 0 radical (unpaired) electrons. The molecule has 0 fully saturated rings. The van der Waals surface area contributed by atoms with Crippen molar-refractivity contribution in [3.63, 3.8) is 0 Å². The highest BCUT2D eigenvalue weighted by atomic mass is 16.6. The zero-order valence-electron chi connectivity index (χ0n) is 72.4. The van der Waals surface area contributed by atoms with Crippen molar-refractivity contribution < 1.29 is 115 Å². The van der Waals surface area contributed by atoms with E-state index in [0.29, 0.717) is 5.56 Å². The molecule has 0 aliphatic rings. The number of aliphatic hydroxyl groups excluding tert-OH is 1. The van der Waals surface area contributed by atoms with Gasteiger partial charge in [0.1, 0.15) is 88.6 Å². The first-order chi connectivity index (χ1) is 52.8. The number of aliphatic carboxylic acids is 1. The van der Waals surface area contributed by atoms with Gasteiger partial charge in [0, 0.05) is 25.5 Å². The number of hydrogen-bond acceptors (Lipinski definition) is 24. The lowest BCUT2D eigenvalue weighted by Gasteiger charge is -2.34. The fraction of sp³-hybridized carbons (Fsp3) is 0.696. The third kappa shape index (κ3) is 40.1. The van der Waals surface area contributed by atoms with Gasteiger partial charge in [0.2, 0.25) is 59.1 Å². The standard InChI is InChI=1S/C79H129N13O24/c1-43(2)57(65(102)84-52(40-93)68(105)106)89-62(99)51(37-56(96)114-76(17,18)19)82-63(100)53(41-110-72(5,6)7)85-67(104)59(45(4)112-74(11,12)13)90-61(98)49(35-46-31-29-28-30-32-46)83-66(103)58(44(3)111-73(8,9)10)88-54(94)38-80-60(97)48(33-34-55(95)113-75(14,15)16)86-69(107)79(26,27)91-64(101)50(87-70(108)115-77(20,21)22)36-47-39-92(42-81-47)71(109)116-78(23,24)25/h28-32,39,42-45,48-53,57-59,93H,33-38,40-41H2,1-27H3,(H,80,97)(H,82,100)(H,83,103)(H,84,102)(H,85,104)(H,86,107)(H,87,108)(H,88,94)(H,89,99)(H,90,98)(H,91,101)(H,105,106)/t44-,45-,48+,49+,50+,51+,52+,53+,57+,58+,59+/m1/s1. The first-order valence-electron chi connectivity index (χ1n) is 38.4. The van der Waals surface area contributed by atoms with E-state index in [-0.39, 0.29) is 18.5 Å². The summed E-state index contributed by atoms with van der Waals surface area (Å²) in [4.78, 5) is 214. The number of aromatic nitrogens is 2. The number of esters is 2. The van der Waals surface area contributed by atoms with E-state index in [1.54, 1.807) is 176 Å². The predicted molar refractivity (Wildman–Crippen MR) is 423 cm³/mol. The van der Waals surface area contributed by atoms with Gasteiger partial charge >= 0.3 is 30.1 Å². The van der Waals surface area contributed by atoms with Crippen LogP contribution in [0.2, 0.25) is 0 Å². The number of ether oxygens (including phenoxy) is 7. The van der Waals surface area contributed by atoms with E-state index in [1.807, 2.05) is 0 Å². The van der Waals surface area contributed by atoms with Gasteiger partial charge in [0.25, 0.3) is 0 Å². The number of carboxylic acid groups (broad SMARTS) is 1. The molecule has 1 aromatic heterocycles. The first-order valence-corrected chi connectivity index (χ1v) is 38.4. The Morgan fingerprint density at radius 3 is 1.40 bits per heavy atom. The highest BCUT2D eigenvalue weighted by Crippen LogP contribution is 2.21. The zero-order chi connectivity index (χ0) is 89.4. The second-order valence-corrected chi connectivity index (χ2v) is 35.9. The van der Waals surface area contributed by atoms with Crippen molar-refractivity contribution in [1.29, 1.82) is 0 Å². The Bertz CT molecular complexity index is 3720. The molecule has 11 atom stereocenters. The molecule has 37 heteroatoms. The van der Waals surface area contributed by atoms with Crippen LogP contribution in [0, 0.1) is 5.92 Å². The molecule has 2 aromatic rings. The lowest BCUT2D eigenvalue weighted by Crippen LogP contribution is -2.64. The molecule has 0 unspecified atom stereocenters. The van der Waals surface area contributed by atoms with E-state index in [1.165, 1.54) is 47.7 Å². The second-order valence-electron chi connectivity index (χ2n) is 35.9. The average molecular weight is 1640 g/mol. The van der Waals surface area contributed by atoms with Crippen LogP contribution in [0.25, 0.3) is 0 Å². The Kier molecular flexibility index (Phi) is 38.2. The molecule has 1 aromatic carbocycles. The Hall–Kier alpha value is -9.88. The van der Waals surface area contributed by atoms with Gasteiger partial charge in [0.15, 0.2) is 0 Å². The van der Waals surface area contributed by atoms with Gasteiger partial charge in [-0.05, 0) is 191 Å². The molecule has 1 heterocycles. The van der Waals surface area contributed by atoms with Crippen LogP contribution in [0.1, 0.15) is 217 Å². The lowest BCUT2D eigenvalue weighted by atomic mass is 10.0. The molecule has 0 saturated carbocycles. The number of nitrogens with zero attached hydrogens (tertiary/aromatic N) is 2. The summed E-state index contributed by atoms with van der Waals surface area (Å²) in [6.45, 7) is 40.1. The second kappa shape index (κ2) is 43.4. The molecule has 0 bridgehead atoms. The van der Waals surface area contributed by atoms with Gasteiger partial charge in [-0.15, -0.1) is 0 Å². The van der Waals surface area contributed by atoms with Crippen LogP contribution in [-0.4, -0.2) is 240 Å². The van der Waals surface area contributed by atoms with Gasteiger partial charge < -0.3 is 102 Å². The van der Waals surface area contributed by atoms with Crippen molar-refractivity contribution in [2.75, 3.05) is 19.8 Å². The minimum atomic E-state index is -1.93. The van der Waals surface area contributed by atoms with Gasteiger partial charge in [-0.2, -0.15) is 0 Å². The molecule has 0 spiro atoms. The monoisotopic (exact) mass is 1640 g/mol. The molecule has 0 aliphatic heterocycles. The Labute approximate surface area is 680 Å². The van der Waals surface area contributed by atoms with Crippen molar-refractivity contribution in [3.05, 3.63) is 54.1 Å². The molecular weight excluding hydrogens is 1510 g/mol. The number of carboxylic acids is 1. The number of carbonyl (C=O) groups excluding carboxylic acids is 14. The van der Waals surface area contributed by atoms with Crippen LogP contribution >= 0.6 is 0 Å². The van der Waals surface area contributed by atoms with E-state index < -0.39 is 245 Å². The molecule has 2 rings (SSSR count). The number of hydrogen-bond donors (Lipinski definition) is 13. The number of aliphatic hydroxyl groups is 1. The molecule has 0 saturated heterocycles. The zero-order valence-corrected chi connectivity index (χ0v) is 72.4. The van der Waals surface area contributed by atoms with Crippen molar-refractivity contribution in [3.8, 4) is 0 Å². The van der Waals surface area contributed by atoms with Gasteiger partial charge in [-0.25, -0.2) is 23.9 Å². The Morgan fingerprint density at radius 1 is 0.448 bits per heavy atom. The minimum Gasteiger partial charge on any atom is -0.480 e. The average Bonchev–Trinajstić information content (AvgIpc) is 1.04. The van der Waals surface area contributed by atoms with Crippen LogP contribution in [0.5, 0.6) is 0 Å². The normalized spacial score (nSPS) is 15.2.